The SMILES string of the molecule is CC(=O)O/C=C(\Sc1ccccc1)C(=O)COC1CCCCO1. The molecule has 1 fully saturated rings. The Morgan fingerprint density at radius 2 is 2.09 bits per heavy atom. The minimum Gasteiger partial charge on any atom is -0.433 e. The van der Waals surface area contributed by atoms with Crippen molar-refractivity contribution in [3.05, 3.63) is 41.5 Å². The first kappa shape index (κ1) is 17.7. The molecule has 0 amide bonds. The molecule has 2 rings (SSSR count). The summed E-state index contributed by atoms with van der Waals surface area (Å²) in [5.41, 5.74) is 0. The number of carbonyl (C=O) groups is 2. The van der Waals surface area contributed by atoms with Crippen LogP contribution >= 0.6 is 11.8 Å². The first-order valence-corrected chi connectivity index (χ1v) is 8.33. The van der Waals surface area contributed by atoms with Gasteiger partial charge in [0, 0.05) is 18.4 Å². The van der Waals surface area contributed by atoms with Gasteiger partial charge >= 0.3 is 5.97 Å². The normalized spacial score (nSPS) is 18.5. The van der Waals surface area contributed by atoms with Crippen LogP contribution in [0.3, 0.4) is 0 Å². The molecule has 0 radical (unpaired) electrons. The van der Waals surface area contributed by atoms with E-state index in [1.54, 1.807) is 0 Å². The maximum atomic E-state index is 12.3. The van der Waals surface area contributed by atoms with Gasteiger partial charge in [-0.15, -0.1) is 0 Å². The topological polar surface area (TPSA) is 61.8 Å². The maximum absolute atomic E-state index is 12.3. The highest BCUT2D eigenvalue weighted by molar-refractivity contribution is 8.04. The fourth-order valence-corrected chi connectivity index (χ4v) is 2.80. The lowest BCUT2D eigenvalue weighted by molar-refractivity contribution is -0.167. The Morgan fingerprint density at radius 1 is 1.30 bits per heavy atom. The van der Waals surface area contributed by atoms with Crippen molar-refractivity contribution in [1.29, 1.82) is 0 Å². The van der Waals surface area contributed by atoms with Crippen LogP contribution < -0.4 is 0 Å². The number of hydrogen-bond acceptors (Lipinski definition) is 6. The molecule has 124 valence electrons. The molecule has 6 heteroatoms. The average Bonchev–Trinajstić information content (AvgIpc) is 2.58. The van der Waals surface area contributed by atoms with E-state index >= 15 is 0 Å². The van der Waals surface area contributed by atoms with Gasteiger partial charge in [-0.25, -0.2) is 0 Å². The summed E-state index contributed by atoms with van der Waals surface area (Å²) in [6.45, 7) is 1.85. The van der Waals surface area contributed by atoms with E-state index in [0.717, 1.165) is 24.2 Å². The number of benzene rings is 1. The molecule has 1 aromatic carbocycles. The molecule has 0 saturated carbocycles. The lowest BCUT2D eigenvalue weighted by atomic mass is 10.2. The number of ether oxygens (including phenoxy) is 3. The predicted molar refractivity (Wildman–Crippen MR) is 86.7 cm³/mol. The van der Waals surface area contributed by atoms with Gasteiger partial charge in [0.05, 0.1) is 4.91 Å². The van der Waals surface area contributed by atoms with Crippen LogP contribution in [0.15, 0.2) is 46.4 Å². The third kappa shape index (κ3) is 6.56. The van der Waals surface area contributed by atoms with Gasteiger partial charge in [0.1, 0.15) is 12.9 Å². The van der Waals surface area contributed by atoms with Gasteiger partial charge in [-0.05, 0) is 31.4 Å². The standard InChI is InChI=1S/C17H20O5S/c1-13(18)21-12-16(23-14-7-3-2-4-8-14)15(19)11-22-17-9-5-6-10-20-17/h2-4,7-8,12,17H,5-6,9-11H2,1H3/b16-12-. The van der Waals surface area contributed by atoms with Gasteiger partial charge in [-0.3, -0.25) is 9.59 Å². The molecule has 0 spiro atoms. The van der Waals surface area contributed by atoms with Gasteiger partial charge in [0.2, 0.25) is 0 Å². The van der Waals surface area contributed by atoms with Gasteiger partial charge in [0.25, 0.3) is 0 Å². The van der Waals surface area contributed by atoms with Crippen molar-refractivity contribution in [1.82, 2.24) is 0 Å². The Bertz CT molecular complexity index is 549. The molecule has 0 bridgehead atoms. The highest BCUT2D eigenvalue weighted by Gasteiger charge is 2.18. The van der Waals surface area contributed by atoms with Gasteiger partial charge in [-0.1, -0.05) is 30.0 Å². The lowest BCUT2D eigenvalue weighted by Crippen LogP contribution is -2.25. The molecule has 0 aromatic heterocycles. The molecule has 1 aliphatic heterocycles. The second kappa shape index (κ2) is 9.50. The van der Waals surface area contributed by atoms with Crippen LogP contribution in [0, 0.1) is 0 Å². The van der Waals surface area contributed by atoms with Crippen molar-refractivity contribution in [3.8, 4) is 0 Å². The quantitative estimate of drug-likeness (QED) is 0.329. The molecule has 23 heavy (non-hydrogen) atoms. The number of Topliss-reactive ketones (excluding diaryl/α,β-unsaturated/α-hetero) is 1. The monoisotopic (exact) mass is 336 g/mol. The van der Waals surface area contributed by atoms with E-state index in [1.807, 2.05) is 30.3 Å². The molecular formula is C17H20O5S. The third-order valence-electron chi connectivity index (χ3n) is 3.12. The van der Waals surface area contributed by atoms with E-state index in [9.17, 15) is 9.59 Å². The van der Waals surface area contributed by atoms with E-state index in [2.05, 4.69) is 0 Å². The largest absolute Gasteiger partial charge is 0.433 e. The number of esters is 1. The van der Waals surface area contributed by atoms with Crippen LogP contribution in [0.2, 0.25) is 0 Å². The number of carbonyl (C=O) groups excluding carboxylic acids is 2. The Hall–Kier alpha value is -1.63. The summed E-state index contributed by atoms with van der Waals surface area (Å²) in [6, 6.07) is 9.41. The second-order valence-electron chi connectivity index (χ2n) is 5.04. The molecular weight excluding hydrogens is 316 g/mol. The number of thioether (sulfide) groups is 1. The summed E-state index contributed by atoms with van der Waals surface area (Å²) in [4.78, 5) is 24.5. The Labute approximate surface area is 140 Å². The van der Waals surface area contributed by atoms with Crippen molar-refractivity contribution in [3.63, 3.8) is 0 Å². The summed E-state index contributed by atoms with van der Waals surface area (Å²) in [5.74, 6) is -0.713. The van der Waals surface area contributed by atoms with Crippen LogP contribution in [0.25, 0.3) is 0 Å². The first-order valence-electron chi connectivity index (χ1n) is 7.52. The number of rotatable bonds is 7. The lowest BCUT2D eigenvalue weighted by Gasteiger charge is -2.22. The minimum atomic E-state index is -0.472. The summed E-state index contributed by atoms with van der Waals surface area (Å²) in [6.07, 6.45) is 3.71. The van der Waals surface area contributed by atoms with E-state index in [4.69, 9.17) is 14.2 Å². The van der Waals surface area contributed by atoms with E-state index < -0.39 is 5.97 Å². The molecule has 1 saturated heterocycles. The van der Waals surface area contributed by atoms with Crippen molar-refractivity contribution < 1.29 is 23.8 Å². The van der Waals surface area contributed by atoms with Crippen LogP contribution in [-0.4, -0.2) is 31.3 Å². The summed E-state index contributed by atoms with van der Waals surface area (Å²) >= 11 is 1.24. The molecule has 1 aromatic rings. The van der Waals surface area contributed by atoms with Gasteiger partial charge < -0.3 is 14.2 Å². The van der Waals surface area contributed by atoms with Crippen LogP contribution in [0.4, 0.5) is 0 Å². The summed E-state index contributed by atoms with van der Waals surface area (Å²) in [5, 5.41) is 0. The molecule has 1 unspecified atom stereocenters. The molecule has 1 atom stereocenters. The fourth-order valence-electron chi connectivity index (χ4n) is 1.98. The Balaban J connectivity index is 1.95. The van der Waals surface area contributed by atoms with Crippen molar-refractivity contribution in [2.24, 2.45) is 0 Å². The van der Waals surface area contributed by atoms with Crippen molar-refractivity contribution in [2.45, 2.75) is 37.4 Å². The zero-order chi connectivity index (χ0) is 16.5. The van der Waals surface area contributed by atoms with Crippen molar-refractivity contribution >= 4 is 23.5 Å². The summed E-state index contributed by atoms with van der Waals surface area (Å²) in [7, 11) is 0. The van der Waals surface area contributed by atoms with Crippen molar-refractivity contribution in [2.75, 3.05) is 13.2 Å². The van der Waals surface area contributed by atoms with Crippen LogP contribution in [0.5, 0.6) is 0 Å². The highest BCUT2D eigenvalue weighted by Crippen LogP contribution is 2.27. The van der Waals surface area contributed by atoms with E-state index in [-0.39, 0.29) is 18.7 Å². The molecule has 0 N–H and O–H groups in total. The molecule has 1 heterocycles. The Morgan fingerprint density at radius 3 is 2.74 bits per heavy atom. The predicted octanol–water partition coefficient (Wildman–Crippen LogP) is 3.30. The third-order valence-corrected chi connectivity index (χ3v) is 4.17. The highest BCUT2D eigenvalue weighted by atomic mass is 32.2. The van der Waals surface area contributed by atoms with Crippen LogP contribution in [0.1, 0.15) is 26.2 Å². The maximum Gasteiger partial charge on any atom is 0.307 e. The van der Waals surface area contributed by atoms with Gasteiger partial charge in [-0.2, -0.15) is 0 Å². The minimum absolute atomic E-state index is 0.0996. The van der Waals surface area contributed by atoms with Crippen LogP contribution in [-0.2, 0) is 23.8 Å². The zero-order valence-electron chi connectivity index (χ0n) is 13.0. The molecule has 5 nitrogen and oxygen atoms in total. The molecule has 1 aliphatic rings. The smallest absolute Gasteiger partial charge is 0.307 e. The van der Waals surface area contributed by atoms with E-state index in [1.165, 1.54) is 24.9 Å². The number of ketones is 1. The van der Waals surface area contributed by atoms with E-state index in [0.29, 0.717) is 11.5 Å². The Kier molecular flexibility index (Phi) is 7.32. The first-order chi connectivity index (χ1) is 11.1. The van der Waals surface area contributed by atoms with Gasteiger partial charge in [0.15, 0.2) is 12.1 Å². The summed E-state index contributed by atoms with van der Waals surface area (Å²) < 4.78 is 15.8. The second-order valence-corrected chi connectivity index (χ2v) is 6.15. The molecule has 0 aliphatic carbocycles. The zero-order valence-corrected chi connectivity index (χ0v) is 13.8. The number of hydrogen-bond donors (Lipinski definition) is 0. The fraction of sp³-hybridized carbons (Fsp3) is 0.412. The average molecular weight is 336 g/mol.